The Labute approximate surface area is 393 Å². The lowest BCUT2D eigenvalue weighted by Crippen LogP contribution is -2.69. The minimum atomic E-state index is -2.21. The summed E-state index contributed by atoms with van der Waals surface area (Å²) in [7, 11) is 1.10. The van der Waals surface area contributed by atoms with Gasteiger partial charge < -0.3 is 33.0 Å². The van der Waals surface area contributed by atoms with E-state index in [1.54, 1.807) is 30.9 Å². The molecule has 4 aromatic carbocycles. The molecule has 0 radical (unpaired) electrons. The molecular formula is C53H72N2O8SSi. The Balaban J connectivity index is 1.53. The Morgan fingerprint density at radius 3 is 1.86 bits per heavy atom. The molecule has 0 aromatic heterocycles. The molecule has 6 rings (SSSR count). The summed E-state index contributed by atoms with van der Waals surface area (Å²) in [5.41, 5.74) is 4.89. The number of nitrogens with zero attached hydrogens (tertiary/aromatic N) is 2. The predicted octanol–water partition coefficient (Wildman–Crippen LogP) is 12.3. The molecule has 4 atom stereocenters. The molecule has 352 valence electrons. The van der Waals surface area contributed by atoms with Crippen molar-refractivity contribution in [3.05, 3.63) is 119 Å². The smallest absolute Gasteiger partial charge is 0.411 e. The molecule has 1 saturated heterocycles. The molecule has 2 amide bonds. The number of carbonyl (C=O) groups is 2. The maximum Gasteiger partial charge on any atom is 0.411 e. The summed E-state index contributed by atoms with van der Waals surface area (Å²) in [6.45, 7) is 22.5. The van der Waals surface area contributed by atoms with Crippen LogP contribution in [-0.2, 0) is 38.3 Å². The van der Waals surface area contributed by atoms with E-state index >= 15 is 4.79 Å². The van der Waals surface area contributed by atoms with Gasteiger partial charge in [-0.2, -0.15) is 0 Å². The van der Waals surface area contributed by atoms with Gasteiger partial charge in [-0.1, -0.05) is 132 Å². The van der Waals surface area contributed by atoms with Gasteiger partial charge in [-0.05, 0) is 86.8 Å². The summed E-state index contributed by atoms with van der Waals surface area (Å²) in [6.07, 6.45) is 0.814. The molecular weight excluding hydrogens is 853 g/mol. The fourth-order valence-corrected chi connectivity index (χ4v) is 17.2. The van der Waals surface area contributed by atoms with Crippen molar-refractivity contribution in [3.8, 4) is 17.2 Å². The summed E-state index contributed by atoms with van der Waals surface area (Å²) in [5.74, 6) is 1.58. The Bertz CT molecular complexity index is 2160. The van der Waals surface area contributed by atoms with E-state index in [4.69, 9.17) is 28.1 Å². The third-order valence-electron chi connectivity index (χ3n) is 13.0. The van der Waals surface area contributed by atoms with E-state index in [2.05, 4.69) is 53.7 Å². The van der Waals surface area contributed by atoms with Crippen molar-refractivity contribution < 1.29 is 37.7 Å². The normalized spacial score (nSPS) is 18.8. The van der Waals surface area contributed by atoms with Crippen LogP contribution in [0, 0.1) is 6.92 Å². The minimum Gasteiger partial charge on any atom is -0.496 e. The second-order valence-electron chi connectivity index (χ2n) is 19.3. The predicted molar refractivity (Wildman–Crippen MR) is 262 cm³/mol. The Morgan fingerprint density at radius 2 is 1.32 bits per heavy atom. The van der Waals surface area contributed by atoms with Gasteiger partial charge in [-0.15, -0.1) is 0 Å². The van der Waals surface area contributed by atoms with Crippen molar-refractivity contribution in [1.82, 2.24) is 9.80 Å². The van der Waals surface area contributed by atoms with E-state index in [1.165, 1.54) is 0 Å². The van der Waals surface area contributed by atoms with Gasteiger partial charge in [0, 0.05) is 28.2 Å². The van der Waals surface area contributed by atoms with Crippen molar-refractivity contribution in [2.45, 2.75) is 152 Å². The zero-order valence-electron chi connectivity index (χ0n) is 40.7. The number of piperazine rings is 1. The van der Waals surface area contributed by atoms with Gasteiger partial charge in [0.2, 0.25) is 5.91 Å². The van der Waals surface area contributed by atoms with E-state index in [1.807, 2.05) is 111 Å². The number of carbonyl (C=O) groups excluding carboxylic acids is 2. The van der Waals surface area contributed by atoms with Crippen LogP contribution in [0.25, 0.3) is 0 Å². The number of fused-ring (bicyclic) bond motifs is 2. The van der Waals surface area contributed by atoms with Gasteiger partial charge in [0.25, 0.3) is 0 Å². The average molecular weight is 925 g/mol. The van der Waals surface area contributed by atoms with Gasteiger partial charge in [-0.3, -0.25) is 9.69 Å². The monoisotopic (exact) mass is 924 g/mol. The summed E-state index contributed by atoms with van der Waals surface area (Å²) in [6, 6.07) is 28.1. The number of hydrogen-bond acceptors (Lipinski definition) is 9. The van der Waals surface area contributed by atoms with E-state index in [-0.39, 0.29) is 19.1 Å². The molecule has 0 N–H and O–H groups in total. The third kappa shape index (κ3) is 11.0. The molecule has 12 heteroatoms. The first-order chi connectivity index (χ1) is 31.0. The highest BCUT2D eigenvalue weighted by atomic mass is 32.2. The number of hydrogen-bond donors (Lipinski definition) is 0. The summed E-state index contributed by atoms with van der Waals surface area (Å²) in [5, 5.41) is -0.558. The number of methoxy groups -OCH3 is 2. The molecule has 10 nitrogen and oxygen atoms in total. The third-order valence-corrected chi connectivity index (χ3v) is 20.4. The zero-order chi connectivity index (χ0) is 47.1. The Hall–Kier alpha value is -4.49. The lowest BCUT2D eigenvalue weighted by Gasteiger charge is -2.55. The maximum absolute atomic E-state index is 16.0. The fraction of sp³-hybridized carbons (Fsp3) is 0.509. The SMILES string of the molecule is COc1c(C)c(OC)c(OCc2ccccc2)c2c1C[C@H]1[C@@H](Sc3ccccc3)N(C(=O)OC(C)(C)C)[C@H](CCCO[Si](C(C)C)(C(C)C)C(C)C)C(=O)N1[C@H]2COCc1ccccc1. The molecule has 0 aliphatic carbocycles. The lowest BCUT2D eigenvalue weighted by atomic mass is 9.82. The van der Waals surface area contributed by atoms with E-state index < -0.39 is 43.5 Å². The van der Waals surface area contributed by atoms with Crippen molar-refractivity contribution in [3.63, 3.8) is 0 Å². The van der Waals surface area contributed by atoms with E-state index in [0.29, 0.717) is 66.3 Å². The molecule has 65 heavy (non-hydrogen) atoms. The molecule has 0 spiro atoms. The van der Waals surface area contributed by atoms with E-state index in [0.717, 1.165) is 32.7 Å². The number of benzene rings is 4. The topological polar surface area (TPSA) is 96.0 Å². The van der Waals surface area contributed by atoms with Gasteiger partial charge in [0.15, 0.2) is 19.8 Å². The second-order valence-corrected chi connectivity index (χ2v) is 25.9. The van der Waals surface area contributed by atoms with Crippen LogP contribution in [0.1, 0.15) is 109 Å². The van der Waals surface area contributed by atoms with Crippen molar-refractivity contribution in [1.29, 1.82) is 0 Å². The van der Waals surface area contributed by atoms with Crippen LogP contribution < -0.4 is 14.2 Å². The second kappa shape index (κ2) is 21.9. The average Bonchev–Trinajstić information content (AvgIpc) is 3.26. The van der Waals surface area contributed by atoms with Gasteiger partial charge in [-0.25, -0.2) is 4.79 Å². The largest absolute Gasteiger partial charge is 0.496 e. The number of amides is 2. The molecule has 4 aromatic rings. The first-order valence-electron chi connectivity index (χ1n) is 23.3. The summed E-state index contributed by atoms with van der Waals surface area (Å²) < 4.78 is 39.3. The summed E-state index contributed by atoms with van der Waals surface area (Å²) >= 11 is 1.58. The minimum absolute atomic E-state index is 0.150. The molecule has 0 saturated carbocycles. The standard InChI is InChI=1S/C53H72N2O8SSi/c1-35(2)65(36(3)4,37(5)6)62-30-22-29-43-50(56)54-44(51(64-41-27-20-15-21-28-41)55(43)52(57)63-53(8,9)10)31-42-46(45(54)34-60-32-39-23-16-13-17-24-39)49(48(59-12)38(7)47(42)58-11)61-33-40-25-18-14-19-26-40/h13-21,23-28,35-37,43-45,51H,22,29-34H2,1-12H3/t43-,44+,45+,51-/m1/s1. The van der Waals surface area contributed by atoms with Crippen molar-refractivity contribution in [2.24, 2.45) is 0 Å². The van der Waals surface area contributed by atoms with Crippen LogP contribution in [0.4, 0.5) is 4.79 Å². The number of ether oxygens (including phenoxy) is 5. The highest BCUT2D eigenvalue weighted by Gasteiger charge is 2.56. The molecule has 0 unspecified atom stereocenters. The Morgan fingerprint density at radius 1 is 0.769 bits per heavy atom. The van der Waals surface area contributed by atoms with Crippen LogP contribution >= 0.6 is 11.8 Å². The quantitative estimate of drug-likeness (QED) is 0.0673. The number of rotatable bonds is 19. The van der Waals surface area contributed by atoms with Crippen LogP contribution in [0.5, 0.6) is 17.2 Å². The van der Waals surface area contributed by atoms with Crippen molar-refractivity contribution >= 4 is 32.1 Å². The summed E-state index contributed by atoms with van der Waals surface area (Å²) in [4.78, 5) is 35.6. The molecule has 1 fully saturated rings. The van der Waals surface area contributed by atoms with Crippen LogP contribution in [-0.4, -0.2) is 80.6 Å². The van der Waals surface area contributed by atoms with Crippen LogP contribution in [0.2, 0.25) is 16.6 Å². The molecule has 2 heterocycles. The van der Waals surface area contributed by atoms with Gasteiger partial charge in [0.05, 0.1) is 39.5 Å². The van der Waals surface area contributed by atoms with Gasteiger partial charge >= 0.3 is 6.09 Å². The highest BCUT2D eigenvalue weighted by molar-refractivity contribution is 8.00. The highest BCUT2D eigenvalue weighted by Crippen LogP contribution is 2.54. The van der Waals surface area contributed by atoms with Crippen LogP contribution in [0.3, 0.4) is 0 Å². The Kier molecular flexibility index (Phi) is 16.8. The lowest BCUT2D eigenvalue weighted by molar-refractivity contribution is -0.155. The van der Waals surface area contributed by atoms with Crippen LogP contribution in [0.15, 0.2) is 95.9 Å². The zero-order valence-corrected chi connectivity index (χ0v) is 42.5. The molecule has 2 aliphatic heterocycles. The van der Waals surface area contributed by atoms with E-state index in [9.17, 15) is 4.79 Å². The molecule has 2 aliphatic rings. The first-order valence-corrected chi connectivity index (χ1v) is 26.3. The molecule has 0 bridgehead atoms. The maximum atomic E-state index is 16.0. The van der Waals surface area contributed by atoms with Gasteiger partial charge in [0.1, 0.15) is 29.4 Å². The number of thioether (sulfide) groups is 1. The fourth-order valence-electron chi connectivity index (χ4n) is 10.4. The first kappa shape index (κ1) is 49.9. The van der Waals surface area contributed by atoms with Crippen molar-refractivity contribution in [2.75, 3.05) is 27.4 Å².